The summed E-state index contributed by atoms with van der Waals surface area (Å²) < 4.78 is 12.8. The fraction of sp³-hybridized carbons (Fsp3) is 0.296. The summed E-state index contributed by atoms with van der Waals surface area (Å²) >= 11 is 1.35. The lowest BCUT2D eigenvalue weighted by Gasteiger charge is -2.19. The molecule has 0 radical (unpaired) electrons. The van der Waals surface area contributed by atoms with Crippen molar-refractivity contribution in [2.45, 2.75) is 44.4 Å². The van der Waals surface area contributed by atoms with E-state index >= 15 is 0 Å². The van der Waals surface area contributed by atoms with E-state index in [1.165, 1.54) is 17.3 Å². The summed E-state index contributed by atoms with van der Waals surface area (Å²) in [4.78, 5) is 12.5. The largest absolute Gasteiger partial charge is 0.497 e. The average molecular weight is 491 g/mol. The smallest absolute Gasteiger partial charge is 0.230 e. The Morgan fingerprint density at radius 2 is 1.89 bits per heavy atom. The van der Waals surface area contributed by atoms with E-state index in [1.54, 1.807) is 13.4 Å². The van der Waals surface area contributed by atoms with Gasteiger partial charge < -0.3 is 14.5 Å². The van der Waals surface area contributed by atoms with Gasteiger partial charge in [0.25, 0.3) is 0 Å². The number of aromatic nitrogens is 3. The van der Waals surface area contributed by atoms with Crippen LogP contribution in [0.5, 0.6) is 5.75 Å². The molecule has 1 N–H and O–H groups in total. The molecule has 0 spiro atoms. The molecule has 4 aromatic rings. The average Bonchev–Trinajstić information content (AvgIpc) is 3.51. The Kier molecular flexibility index (Phi) is 7.60. The highest BCUT2D eigenvalue weighted by Crippen LogP contribution is 2.28. The van der Waals surface area contributed by atoms with Gasteiger partial charge in [-0.2, -0.15) is 0 Å². The predicted octanol–water partition coefficient (Wildman–Crippen LogP) is 5.30. The number of thioether (sulfide) groups is 1. The minimum Gasteiger partial charge on any atom is -0.497 e. The molecule has 4 rings (SSSR count). The molecular weight excluding hydrogens is 460 g/mol. The van der Waals surface area contributed by atoms with Crippen molar-refractivity contribution >= 4 is 17.7 Å². The molecule has 0 aliphatic carbocycles. The Labute approximate surface area is 209 Å². The first-order chi connectivity index (χ1) is 16.8. The molecule has 0 atom stereocenters. The molecule has 35 heavy (non-hydrogen) atoms. The number of amides is 1. The van der Waals surface area contributed by atoms with E-state index in [-0.39, 0.29) is 17.1 Å². The van der Waals surface area contributed by atoms with Gasteiger partial charge in [-0.1, -0.05) is 68.9 Å². The Bertz CT molecular complexity index is 1260. The molecule has 182 valence electrons. The molecule has 2 heterocycles. The van der Waals surface area contributed by atoms with E-state index in [1.807, 2.05) is 41.0 Å². The van der Waals surface area contributed by atoms with E-state index in [2.05, 4.69) is 60.6 Å². The zero-order valence-corrected chi connectivity index (χ0v) is 21.3. The number of benzene rings is 2. The second-order valence-electron chi connectivity index (χ2n) is 9.22. The number of hydrogen-bond acceptors (Lipinski definition) is 6. The molecule has 1 amide bonds. The quantitative estimate of drug-likeness (QED) is 0.321. The normalized spacial score (nSPS) is 11.4. The van der Waals surface area contributed by atoms with Crippen LogP contribution in [0.15, 0.2) is 76.5 Å². The monoisotopic (exact) mass is 490 g/mol. The van der Waals surface area contributed by atoms with Gasteiger partial charge in [0, 0.05) is 12.1 Å². The van der Waals surface area contributed by atoms with Crippen molar-refractivity contribution in [2.75, 3.05) is 12.9 Å². The standard InChI is InChI=1S/C27H30N4O3S/c1-27(2,3)21-12-10-20(11-13-21)25-29-30-26(31(25)17-23-9-6-14-34-23)35-18-24(32)28-16-19-7-5-8-22(15-19)33-4/h5-15H,16-18H2,1-4H3,(H,28,32). The van der Waals surface area contributed by atoms with Crippen LogP contribution in [-0.2, 0) is 23.3 Å². The van der Waals surface area contributed by atoms with Crippen LogP contribution in [-0.4, -0.2) is 33.5 Å². The minimum absolute atomic E-state index is 0.0691. The second-order valence-corrected chi connectivity index (χ2v) is 10.2. The number of methoxy groups -OCH3 is 1. The molecule has 0 aliphatic heterocycles. The van der Waals surface area contributed by atoms with Gasteiger partial charge in [0.2, 0.25) is 5.91 Å². The highest BCUT2D eigenvalue weighted by molar-refractivity contribution is 7.99. The maximum Gasteiger partial charge on any atom is 0.230 e. The summed E-state index contributed by atoms with van der Waals surface area (Å²) in [7, 11) is 1.63. The zero-order chi connectivity index (χ0) is 24.8. The first-order valence-corrected chi connectivity index (χ1v) is 12.4. The fourth-order valence-corrected chi connectivity index (χ4v) is 4.36. The van der Waals surface area contributed by atoms with Crippen molar-refractivity contribution < 1.29 is 13.9 Å². The van der Waals surface area contributed by atoms with Gasteiger partial charge in [-0.25, -0.2) is 0 Å². The van der Waals surface area contributed by atoms with Crippen LogP contribution >= 0.6 is 11.8 Å². The topological polar surface area (TPSA) is 82.2 Å². The minimum atomic E-state index is -0.0820. The Balaban J connectivity index is 1.48. The first-order valence-electron chi connectivity index (χ1n) is 11.4. The highest BCUT2D eigenvalue weighted by atomic mass is 32.2. The van der Waals surface area contributed by atoms with Gasteiger partial charge in [0.1, 0.15) is 11.5 Å². The van der Waals surface area contributed by atoms with Crippen LogP contribution in [0.25, 0.3) is 11.4 Å². The Morgan fingerprint density at radius 3 is 2.57 bits per heavy atom. The van der Waals surface area contributed by atoms with Crippen LogP contribution in [0.3, 0.4) is 0 Å². The van der Waals surface area contributed by atoms with Crippen molar-refractivity contribution in [3.63, 3.8) is 0 Å². The molecule has 0 bridgehead atoms. The highest BCUT2D eigenvalue weighted by Gasteiger charge is 2.19. The lowest BCUT2D eigenvalue weighted by atomic mass is 9.87. The summed E-state index contributed by atoms with van der Waals surface area (Å²) in [6, 6.07) is 19.8. The number of carbonyl (C=O) groups excluding carboxylic acids is 1. The third-order valence-electron chi connectivity index (χ3n) is 5.58. The van der Waals surface area contributed by atoms with Gasteiger partial charge >= 0.3 is 0 Å². The van der Waals surface area contributed by atoms with Gasteiger partial charge in [-0.15, -0.1) is 10.2 Å². The summed E-state index contributed by atoms with van der Waals surface area (Å²) in [6.07, 6.45) is 1.65. The van der Waals surface area contributed by atoms with Gasteiger partial charge in [0.05, 0.1) is 25.7 Å². The van der Waals surface area contributed by atoms with Crippen molar-refractivity contribution in [1.29, 1.82) is 0 Å². The van der Waals surface area contributed by atoms with E-state index < -0.39 is 0 Å². The number of furan rings is 1. The number of hydrogen-bond donors (Lipinski definition) is 1. The molecule has 7 nitrogen and oxygen atoms in total. The number of ether oxygens (including phenoxy) is 1. The Hall–Kier alpha value is -3.52. The van der Waals surface area contributed by atoms with E-state index in [0.717, 1.165) is 28.5 Å². The summed E-state index contributed by atoms with van der Waals surface area (Å²) in [5.74, 6) is 2.44. The Morgan fingerprint density at radius 1 is 1.09 bits per heavy atom. The van der Waals surface area contributed by atoms with Crippen molar-refractivity contribution in [3.05, 3.63) is 83.8 Å². The lowest BCUT2D eigenvalue weighted by Crippen LogP contribution is -2.24. The van der Waals surface area contributed by atoms with Gasteiger partial charge in [0.15, 0.2) is 11.0 Å². The molecule has 2 aromatic carbocycles. The fourth-order valence-electron chi connectivity index (χ4n) is 3.59. The van der Waals surface area contributed by atoms with Crippen LogP contribution < -0.4 is 10.1 Å². The van der Waals surface area contributed by atoms with Crippen LogP contribution in [0.4, 0.5) is 0 Å². The molecule has 0 unspecified atom stereocenters. The van der Waals surface area contributed by atoms with Crippen molar-refractivity contribution in [1.82, 2.24) is 20.1 Å². The first kappa shape index (κ1) is 24.6. The van der Waals surface area contributed by atoms with Crippen molar-refractivity contribution in [2.24, 2.45) is 0 Å². The summed E-state index contributed by atoms with van der Waals surface area (Å²) in [5, 5.41) is 12.5. The van der Waals surface area contributed by atoms with Gasteiger partial charge in [-0.05, 0) is 40.8 Å². The van der Waals surface area contributed by atoms with Crippen molar-refractivity contribution in [3.8, 4) is 17.1 Å². The lowest BCUT2D eigenvalue weighted by molar-refractivity contribution is -0.118. The van der Waals surface area contributed by atoms with E-state index in [0.29, 0.717) is 18.2 Å². The molecule has 0 aliphatic rings. The third kappa shape index (κ3) is 6.33. The number of nitrogens with one attached hydrogen (secondary N) is 1. The molecule has 8 heteroatoms. The molecule has 0 fully saturated rings. The number of carbonyl (C=O) groups is 1. The predicted molar refractivity (Wildman–Crippen MR) is 138 cm³/mol. The third-order valence-corrected chi connectivity index (χ3v) is 6.54. The molecule has 2 aromatic heterocycles. The maximum absolute atomic E-state index is 12.5. The number of rotatable bonds is 9. The molecular formula is C27H30N4O3S. The van der Waals surface area contributed by atoms with Gasteiger partial charge in [-0.3, -0.25) is 9.36 Å². The van der Waals surface area contributed by atoms with Crippen LogP contribution in [0, 0.1) is 0 Å². The summed E-state index contributed by atoms with van der Waals surface area (Å²) in [6.45, 7) is 7.48. The molecule has 0 saturated heterocycles. The second kappa shape index (κ2) is 10.8. The SMILES string of the molecule is COc1cccc(CNC(=O)CSc2nnc(-c3ccc(C(C)(C)C)cc3)n2Cc2ccco2)c1. The zero-order valence-electron chi connectivity index (χ0n) is 20.4. The van der Waals surface area contributed by atoms with E-state index in [9.17, 15) is 4.79 Å². The summed E-state index contributed by atoms with van der Waals surface area (Å²) in [5.41, 5.74) is 3.26. The maximum atomic E-state index is 12.5. The van der Waals surface area contributed by atoms with Crippen LogP contribution in [0.2, 0.25) is 0 Å². The van der Waals surface area contributed by atoms with E-state index in [4.69, 9.17) is 9.15 Å². The van der Waals surface area contributed by atoms with Crippen LogP contribution in [0.1, 0.15) is 37.7 Å². The molecule has 0 saturated carbocycles. The number of nitrogens with zero attached hydrogens (tertiary/aromatic N) is 3.